The summed E-state index contributed by atoms with van der Waals surface area (Å²) in [6, 6.07) is 10.00. The van der Waals surface area contributed by atoms with Crippen LogP contribution in [0.4, 0.5) is 24.8 Å². The van der Waals surface area contributed by atoms with Crippen molar-refractivity contribution in [2.24, 2.45) is 10.7 Å². The number of rotatable bonds is 2. The summed E-state index contributed by atoms with van der Waals surface area (Å²) in [5, 5.41) is 2.84. The van der Waals surface area contributed by atoms with Gasteiger partial charge in [-0.15, -0.1) is 0 Å². The number of nitrogens with two attached hydrogens (primary N) is 1. The van der Waals surface area contributed by atoms with Gasteiger partial charge in [-0.3, -0.25) is 9.78 Å². The molecule has 0 aliphatic carbocycles. The highest BCUT2D eigenvalue weighted by Gasteiger charge is 2.30. The molecule has 0 unspecified atom stereocenters. The third-order valence-electron chi connectivity index (χ3n) is 3.57. The van der Waals surface area contributed by atoms with Gasteiger partial charge in [-0.05, 0) is 37.3 Å². The van der Waals surface area contributed by atoms with Gasteiger partial charge in [0.1, 0.15) is 0 Å². The number of aromatic nitrogens is 2. The molecular formula is C17H14F3N5O. The molecule has 1 aromatic heterocycles. The van der Waals surface area contributed by atoms with Gasteiger partial charge in [0, 0.05) is 5.69 Å². The molecule has 134 valence electrons. The van der Waals surface area contributed by atoms with Crippen LogP contribution in [0.3, 0.4) is 0 Å². The lowest BCUT2D eigenvalue weighted by atomic mass is 10.1. The number of anilines is 1. The van der Waals surface area contributed by atoms with Crippen LogP contribution in [-0.2, 0) is 6.18 Å². The van der Waals surface area contributed by atoms with E-state index in [-0.39, 0.29) is 22.8 Å². The molecule has 4 N–H and O–H groups in total. The molecule has 9 heteroatoms. The molecule has 3 aromatic rings. The molecule has 0 amide bonds. The van der Waals surface area contributed by atoms with Crippen LogP contribution in [0, 0.1) is 6.92 Å². The van der Waals surface area contributed by atoms with Crippen LogP contribution in [0.2, 0.25) is 0 Å². The summed E-state index contributed by atoms with van der Waals surface area (Å²) >= 11 is 0. The Morgan fingerprint density at radius 2 is 1.88 bits per heavy atom. The monoisotopic (exact) mass is 361 g/mol. The lowest BCUT2D eigenvalue weighted by Crippen LogP contribution is -2.22. The van der Waals surface area contributed by atoms with E-state index in [9.17, 15) is 18.0 Å². The van der Waals surface area contributed by atoms with E-state index >= 15 is 0 Å². The van der Waals surface area contributed by atoms with Crippen LogP contribution in [0.5, 0.6) is 0 Å². The number of H-pyrrole nitrogens is 1. The average molecular weight is 361 g/mol. The molecule has 2 aromatic carbocycles. The standard InChI is InChI=1S/C17H14F3N5O/c1-9-2-5-11(6-3-9)22-15(21)25-16-23-13-8-10(17(18,19)20)4-7-12(13)14(26)24-16/h2-8H,1H3,(H4,21,22,23,24,25,26). The lowest BCUT2D eigenvalue weighted by Gasteiger charge is -2.08. The first-order valence-electron chi connectivity index (χ1n) is 7.51. The number of aromatic amines is 1. The molecule has 0 fully saturated rings. The second kappa shape index (κ2) is 6.51. The Morgan fingerprint density at radius 3 is 2.54 bits per heavy atom. The van der Waals surface area contributed by atoms with E-state index in [1.165, 1.54) is 0 Å². The molecule has 26 heavy (non-hydrogen) atoms. The van der Waals surface area contributed by atoms with E-state index in [2.05, 4.69) is 20.3 Å². The van der Waals surface area contributed by atoms with E-state index in [0.29, 0.717) is 5.69 Å². The maximum atomic E-state index is 12.8. The number of alkyl halides is 3. The van der Waals surface area contributed by atoms with Gasteiger partial charge in [-0.1, -0.05) is 17.7 Å². The Bertz CT molecular complexity index is 1040. The lowest BCUT2D eigenvalue weighted by molar-refractivity contribution is -0.137. The van der Waals surface area contributed by atoms with Gasteiger partial charge >= 0.3 is 6.18 Å². The van der Waals surface area contributed by atoms with Gasteiger partial charge < -0.3 is 11.1 Å². The fourth-order valence-corrected chi connectivity index (χ4v) is 2.28. The van der Waals surface area contributed by atoms with Gasteiger partial charge in [-0.25, -0.2) is 4.98 Å². The molecule has 0 bridgehead atoms. The Morgan fingerprint density at radius 1 is 1.19 bits per heavy atom. The van der Waals surface area contributed by atoms with Crippen LogP contribution >= 0.6 is 0 Å². The molecule has 0 atom stereocenters. The number of nitrogens with zero attached hydrogens (tertiary/aromatic N) is 2. The van der Waals surface area contributed by atoms with E-state index in [1.54, 1.807) is 12.1 Å². The number of fused-ring (bicyclic) bond motifs is 1. The molecule has 3 rings (SSSR count). The number of hydrogen-bond donors (Lipinski definition) is 3. The Balaban J connectivity index is 1.96. The van der Waals surface area contributed by atoms with Crippen molar-refractivity contribution in [3.63, 3.8) is 0 Å². The van der Waals surface area contributed by atoms with Gasteiger partial charge in [-0.2, -0.15) is 18.2 Å². The van der Waals surface area contributed by atoms with Gasteiger partial charge in [0.2, 0.25) is 11.9 Å². The average Bonchev–Trinajstić information content (AvgIpc) is 2.55. The normalized spacial score (nSPS) is 12.4. The minimum Gasteiger partial charge on any atom is -0.369 e. The highest BCUT2D eigenvalue weighted by atomic mass is 19.4. The first-order chi connectivity index (χ1) is 12.2. The summed E-state index contributed by atoms with van der Waals surface area (Å²) in [6.45, 7) is 1.93. The van der Waals surface area contributed by atoms with Crippen molar-refractivity contribution in [1.29, 1.82) is 0 Å². The fourth-order valence-electron chi connectivity index (χ4n) is 2.28. The number of halogens is 3. The van der Waals surface area contributed by atoms with Gasteiger partial charge in [0.25, 0.3) is 5.56 Å². The number of hydrogen-bond acceptors (Lipinski definition) is 3. The van der Waals surface area contributed by atoms with Crippen molar-refractivity contribution in [2.45, 2.75) is 13.1 Å². The van der Waals surface area contributed by atoms with Crippen LogP contribution in [-0.4, -0.2) is 15.9 Å². The van der Waals surface area contributed by atoms with Crippen molar-refractivity contribution in [1.82, 2.24) is 9.97 Å². The molecule has 0 aliphatic rings. The summed E-state index contributed by atoms with van der Waals surface area (Å²) in [5.74, 6) is -0.262. The minimum atomic E-state index is -4.53. The SMILES string of the molecule is Cc1ccc(N/C(N)=N/c2nc3cc(C(F)(F)F)ccc3c(=O)[nH]2)cc1. The van der Waals surface area contributed by atoms with E-state index in [1.807, 2.05) is 19.1 Å². The maximum Gasteiger partial charge on any atom is 0.416 e. The highest BCUT2D eigenvalue weighted by Crippen LogP contribution is 2.30. The summed E-state index contributed by atoms with van der Waals surface area (Å²) in [7, 11) is 0. The van der Waals surface area contributed by atoms with Gasteiger partial charge in [0.05, 0.1) is 16.5 Å². The zero-order valence-corrected chi connectivity index (χ0v) is 13.6. The van der Waals surface area contributed by atoms with E-state index in [0.717, 1.165) is 23.8 Å². The number of guanidine groups is 1. The summed E-state index contributed by atoms with van der Waals surface area (Å²) in [5.41, 5.74) is 5.87. The van der Waals surface area contributed by atoms with Crippen LogP contribution in [0.15, 0.2) is 52.3 Å². The quantitative estimate of drug-likeness (QED) is 0.482. The molecule has 0 saturated heterocycles. The summed E-state index contributed by atoms with van der Waals surface area (Å²) in [4.78, 5) is 22.3. The predicted octanol–water partition coefficient (Wildman–Crippen LogP) is 3.31. The Labute approximate surface area is 145 Å². The number of benzene rings is 2. The molecule has 1 heterocycles. The number of nitrogens with one attached hydrogen (secondary N) is 2. The second-order valence-electron chi connectivity index (χ2n) is 5.61. The van der Waals surface area contributed by atoms with Crippen LogP contribution < -0.4 is 16.6 Å². The maximum absolute atomic E-state index is 12.8. The second-order valence-corrected chi connectivity index (χ2v) is 5.61. The van der Waals surface area contributed by atoms with Gasteiger partial charge in [0.15, 0.2) is 0 Å². The third-order valence-corrected chi connectivity index (χ3v) is 3.57. The molecular weight excluding hydrogens is 347 g/mol. The highest BCUT2D eigenvalue weighted by molar-refractivity contribution is 5.93. The van der Waals surface area contributed by atoms with E-state index < -0.39 is 17.3 Å². The Kier molecular flexibility index (Phi) is 4.37. The largest absolute Gasteiger partial charge is 0.416 e. The van der Waals surface area contributed by atoms with E-state index in [4.69, 9.17) is 5.73 Å². The summed E-state index contributed by atoms with van der Waals surface area (Å²) in [6.07, 6.45) is -4.53. The van der Waals surface area contributed by atoms with Crippen LogP contribution in [0.25, 0.3) is 10.9 Å². The molecule has 0 saturated carbocycles. The third kappa shape index (κ3) is 3.82. The van der Waals surface area contributed by atoms with Crippen molar-refractivity contribution in [2.75, 3.05) is 5.32 Å². The zero-order chi connectivity index (χ0) is 18.9. The molecule has 0 spiro atoms. The topological polar surface area (TPSA) is 96.2 Å². The minimum absolute atomic E-state index is 0.0296. The van der Waals surface area contributed by atoms with Crippen molar-refractivity contribution in [3.8, 4) is 0 Å². The number of aliphatic imine (C=N–C) groups is 1. The van der Waals surface area contributed by atoms with Crippen molar-refractivity contribution in [3.05, 3.63) is 63.9 Å². The summed E-state index contributed by atoms with van der Waals surface area (Å²) < 4.78 is 38.5. The Hall–Kier alpha value is -3.36. The molecule has 0 radical (unpaired) electrons. The first-order valence-corrected chi connectivity index (χ1v) is 7.51. The molecule has 6 nitrogen and oxygen atoms in total. The predicted molar refractivity (Wildman–Crippen MR) is 93.4 cm³/mol. The fraction of sp³-hybridized carbons (Fsp3) is 0.118. The zero-order valence-electron chi connectivity index (χ0n) is 13.6. The van der Waals surface area contributed by atoms with Crippen molar-refractivity contribution < 1.29 is 13.2 Å². The molecule has 0 aliphatic heterocycles. The van der Waals surface area contributed by atoms with Crippen molar-refractivity contribution >= 4 is 28.5 Å². The van der Waals surface area contributed by atoms with Crippen LogP contribution in [0.1, 0.15) is 11.1 Å². The first kappa shape index (κ1) is 17.5. The number of aryl methyl sites for hydroxylation is 1. The smallest absolute Gasteiger partial charge is 0.369 e.